The minimum Gasteiger partial charge on any atom is -0.269 e. The average Bonchev–Trinajstić information content (AvgIpc) is 3.20. The molecule has 0 amide bonds. The van der Waals surface area contributed by atoms with Crippen molar-refractivity contribution in [1.29, 1.82) is 0 Å². The minimum atomic E-state index is -3.98. The Bertz CT molecular complexity index is 2420. The molecule has 0 aliphatic heterocycles. The van der Waals surface area contributed by atoms with E-state index in [9.17, 15) is 25.3 Å². The monoisotopic (exact) mass is 827 g/mol. The van der Waals surface area contributed by atoms with E-state index in [-0.39, 0.29) is 14.7 Å². The highest BCUT2D eigenvalue weighted by molar-refractivity contribution is 7.93. The predicted molar refractivity (Wildman–Crippen MR) is 225 cm³/mol. The van der Waals surface area contributed by atoms with Gasteiger partial charge in [-0.25, -0.2) is 25.3 Å². The van der Waals surface area contributed by atoms with Gasteiger partial charge < -0.3 is 0 Å². The maximum Gasteiger partial charge on any atom is 0.264 e. The maximum absolute atomic E-state index is 13.8. The van der Waals surface area contributed by atoms with Crippen molar-refractivity contribution >= 4 is 58.7 Å². The molecule has 0 N–H and O–H groups in total. The zero-order valence-electron chi connectivity index (χ0n) is 31.8. The Morgan fingerprint density at radius 1 is 0.393 bits per heavy atom. The van der Waals surface area contributed by atoms with Gasteiger partial charge in [-0.1, -0.05) is 89.5 Å². The van der Waals surface area contributed by atoms with Crippen molar-refractivity contribution < 1.29 is 25.3 Å². The van der Waals surface area contributed by atoms with Gasteiger partial charge in [-0.15, -0.1) is 11.6 Å². The summed E-state index contributed by atoms with van der Waals surface area (Å²) in [7, 11) is -7.57. The summed E-state index contributed by atoms with van der Waals surface area (Å²) >= 11 is 7.89. The van der Waals surface area contributed by atoms with Crippen molar-refractivity contribution in [2.75, 3.05) is 34.1 Å². The second kappa shape index (κ2) is 15.4. The lowest BCUT2D eigenvalue weighted by Crippen LogP contribution is -2.29. The fourth-order valence-electron chi connectivity index (χ4n) is 6.27. The van der Waals surface area contributed by atoms with E-state index in [1.54, 1.807) is 146 Å². The van der Waals surface area contributed by atoms with Gasteiger partial charge in [-0.2, -0.15) is 0 Å². The van der Waals surface area contributed by atoms with Crippen molar-refractivity contribution in [3.05, 3.63) is 179 Å². The second-order valence-corrected chi connectivity index (χ2v) is 20.1. The summed E-state index contributed by atoms with van der Waals surface area (Å²) < 4.78 is 86.4. The number of aryl methyl sites for hydroxylation is 3. The van der Waals surface area contributed by atoms with E-state index >= 15 is 0 Å². The summed E-state index contributed by atoms with van der Waals surface area (Å²) in [4.78, 5) is -1.25. The molecule has 0 bridgehead atoms. The van der Waals surface area contributed by atoms with Crippen LogP contribution in [-0.2, 0) is 34.9 Å². The van der Waals surface area contributed by atoms with E-state index in [0.717, 1.165) is 16.7 Å². The molecule has 0 fully saturated rings. The summed E-state index contributed by atoms with van der Waals surface area (Å²) in [6, 6.07) is 40.0. The van der Waals surface area contributed by atoms with E-state index < -0.39 is 34.9 Å². The number of halogens is 1. The fraction of sp³-hybridized carbons (Fsp3) is 0.163. The van der Waals surface area contributed by atoms with Gasteiger partial charge >= 0.3 is 0 Å². The Labute approximate surface area is 335 Å². The third kappa shape index (κ3) is 7.66. The number of anilines is 3. The van der Waals surface area contributed by atoms with E-state index in [2.05, 4.69) is 0 Å². The Morgan fingerprint density at radius 2 is 0.625 bits per heavy atom. The Morgan fingerprint density at radius 3 is 0.857 bits per heavy atom. The smallest absolute Gasteiger partial charge is 0.264 e. The number of hydrogen-bond donors (Lipinski definition) is 0. The van der Waals surface area contributed by atoms with Gasteiger partial charge in [-0.05, 0) is 110 Å². The fourth-order valence-corrected chi connectivity index (χ4v) is 10.2. The normalized spacial score (nSPS) is 12.3. The van der Waals surface area contributed by atoms with Gasteiger partial charge in [-0.3, -0.25) is 12.9 Å². The zero-order valence-corrected chi connectivity index (χ0v) is 35.0. The van der Waals surface area contributed by atoms with Crippen LogP contribution in [0.25, 0.3) is 0 Å². The van der Waals surface area contributed by atoms with Crippen molar-refractivity contribution in [2.45, 2.75) is 40.3 Å². The lowest BCUT2D eigenvalue weighted by molar-refractivity contribution is 0.592. The highest BCUT2D eigenvalue weighted by Gasteiger charge is 2.37. The molecule has 0 spiro atoms. The van der Waals surface area contributed by atoms with Crippen LogP contribution in [0, 0.1) is 20.8 Å². The largest absolute Gasteiger partial charge is 0.269 e. The second-order valence-electron chi connectivity index (χ2n) is 13.7. The minimum absolute atomic E-state index is 0.115. The van der Waals surface area contributed by atoms with Crippen LogP contribution in [0.4, 0.5) is 17.1 Å². The first-order valence-corrected chi connectivity index (χ1v) is 22.2. The maximum atomic E-state index is 13.8. The number of alkyl halides is 1. The molecule has 6 aromatic rings. The number of benzene rings is 6. The molecule has 0 saturated carbocycles. The first-order chi connectivity index (χ1) is 26.4. The number of nitrogens with zero attached hydrogens (tertiary/aromatic N) is 3. The molecule has 0 unspecified atom stereocenters. The molecule has 0 aliphatic rings. The van der Waals surface area contributed by atoms with Crippen LogP contribution in [0.5, 0.6) is 0 Å². The first kappa shape index (κ1) is 40.5. The molecule has 9 nitrogen and oxygen atoms in total. The summed E-state index contributed by atoms with van der Waals surface area (Å²) in [5, 5.41) is 0. The predicted octanol–water partition coefficient (Wildman–Crippen LogP) is 8.62. The van der Waals surface area contributed by atoms with Crippen LogP contribution in [-0.4, -0.2) is 46.4 Å². The van der Waals surface area contributed by atoms with Crippen molar-refractivity contribution in [1.82, 2.24) is 0 Å². The van der Waals surface area contributed by atoms with E-state index in [1.807, 2.05) is 20.8 Å². The van der Waals surface area contributed by atoms with Crippen LogP contribution < -0.4 is 12.9 Å². The van der Waals surface area contributed by atoms with Gasteiger partial charge in [0.1, 0.15) is 4.87 Å². The third-order valence-electron chi connectivity index (χ3n) is 9.86. The molecule has 0 saturated heterocycles. The first-order valence-electron chi connectivity index (χ1n) is 17.5. The van der Waals surface area contributed by atoms with Gasteiger partial charge in [0.2, 0.25) is 0 Å². The van der Waals surface area contributed by atoms with Crippen molar-refractivity contribution in [3.63, 3.8) is 0 Å². The summed E-state index contributed by atoms with van der Waals surface area (Å²) in [6.07, 6.45) is 0. The molecular weight excluding hydrogens is 786 g/mol. The van der Waals surface area contributed by atoms with E-state index in [4.69, 9.17) is 11.6 Å². The van der Waals surface area contributed by atoms with Gasteiger partial charge in [0, 0.05) is 21.1 Å². The highest BCUT2D eigenvalue weighted by Crippen LogP contribution is 2.46. The van der Waals surface area contributed by atoms with E-state index in [0.29, 0.717) is 33.8 Å². The number of sulfonamides is 3. The molecule has 0 aliphatic carbocycles. The standard InChI is InChI=1S/C43H42ClN3O6S3/c1-31-16-22-40(23-17-31)54(48,49)45(4)37-13-7-10-34(28-37)43(44,35-11-8-14-38(29-35)46(5)55(50,51)41-24-18-32(2)19-25-41)36-12-9-15-39(30-36)47(6)56(52,53)42-26-20-33(3)21-27-42/h7-30H,1-6H3. The Balaban J connectivity index is 1.51. The van der Waals surface area contributed by atoms with Crippen LogP contribution in [0.1, 0.15) is 33.4 Å². The van der Waals surface area contributed by atoms with Gasteiger partial charge in [0.25, 0.3) is 30.1 Å². The molecule has 0 atom stereocenters. The topological polar surface area (TPSA) is 112 Å². The summed E-state index contributed by atoms with van der Waals surface area (Å²) in [5.74, 6) is 0. The molecule has 0 aromatic heterocycles. The SMILES string of the molecule is Cc1ccc(S(=O)(=O)N(C)c2cccc(C(Cl)(c3cccc(N(C)S(=O)(=O)c4ccc(C)cc4)c3)c3cccc(N(C)S(=O)(=O)c4ccc(C)cc4)c3)c2)cc1. The quantitative estimate of drug-likeness (QED) is 0.0903. The van der Waals surface area contributed by atoms with Crippen LogP contribution in [0.15, 0.2) is 160 Å². The van der Waals surface area contributed by atoms with Crippen molar-refractivity contribution in [2.24, 2.45) is 0 Å². The molecule has 0 heterocycles. The third-order valence-corrected chi connectivity index (χ3v) is 15.9. The molecule has 13 heteroatoms. The zero-order chi connectivity index (χ0) is 40.6. The average molecular weight is 828 g/mol. The number of rotatable bonds is 12. The number of hydrogen-bond acceptors (Lipinski definition) is 6. The molecule has 290 valence electrons. The lowest BCUT2D eigenvalue weighted by Gasteiger charge is -2.32. The van der Waals surface area contributed by atoms with Gasteiger partial charge in [0.05, 0.1) is 31.7 Å². The Kier molecular flexibility index (Phi) is 11.2. The molecule has 0 radical (unpaired) electrons. The highest BCUT2D eigenvalue weighted by atomic mass is 35.5. The molecule has 56 heavy (non-hydrogen) atoms. The molecule has 6 rings (SSSR count). The van der Waals surface area contributed by atoms with Gasteiger partial charge in [0.15, 0.2) is 0 Å². The van der Waals surface area contributed by atoms with Crippen molar-refractivity contribution in [3.8, 4) is 0 Å². The summed E-state index contributed by atoms with van der Waals surface area (Å²) in [5.41, 5.74) is 5.05. The molecule has 6 aromatic carbocycles. The van der Waals surface area contributed by atoms with Crippen LogP contribution >= 0.6 is 11.6 Å². The van der Waals surface area contributed by atoms with E-state index in [1.165, 1.54) is 34.1 Å². The molecular formula is C43H42ClN3O6S3. The van der Waals surface area contributed by atoms with Crippen LogP contribution in [0.2, 0.25) is 0 Å². The summed E-state index contributed by atoms with van der Waals surface area (Å²) in [6.45, 7) is 5.62. The van der Waals surface area contributed by atoms with Crippen LogP contribution in [0.3, 0.4) is 0 Å². The Hall–Kier alpha value is -5.14. The lowest BCUT2D eigenvalue weighted by atomic mass is 9.83.